The predicted octanol–water partition coefficient (Wildman–Crippen LogP) is 1.92. The monoisotopic (exact) mass is 356 g/mol. The molecule has 26 heavy (non-hydrogen) atoms. The summed E-state index contributed by atoms with van der Waals surface area (Å²) in [5, 5.41) is 4.18. The number of pyridine rings is 1. The maximum absolute atomic E-state index is 12.5. The molecule has 2 aromatic rings. The van der Waals surface area contributed by atoms with E-state index in [0.717, 1.165) is 38.2 Å². The molecule has 0 aliphatic carbocycles. The van der Waals surface area contributed by atoms with Gasteiger partial charge in [-0.3, -0.25) is 14.7 Å². The lowest BCUT2D eigenvalue weighted by molar-refractivity contribution is 0.0277. The van der Waals surface area contributed by atoms with Gasteiger partial charge >= 0.3 is 0 Å². The fourth-order valence-electron chi connectivity index (χ4n) is 3.64. The number of aromatic nitrogens is 2. The highest BCUT2D eigenvalue weighted by Crippen LogP contribution is 2.28. The Hall–Kier alpha value is -2.25. The third kappa shape index (κ3) is 3.94. The van der Waals surface area contributed by atoms with E-state index >= 15 is 0 Å². The summed E-state index contributed by atoms with van der Waals surface area (Å²) in [5.41, 5.74) is 2.20. The molecule has 7 nitrogen and oxygen atoms in total. The number of rotatable bonds is 4. The van der Waals surface area contributed by atoms with E-state index in [1.807, 2.05) is 18.5 Å². The van der Waals surface area contributed by atoms with E-state index in [0.29, 0.717) is 38.0 Å². The van der Waals surface area contributed by atoms with Crippen LogP contribution in [-0.4, -0.2) is 65.2 Å². The molecule has 0 bridgehead atoms. The van der Waals surface area contributed by atoms with Crippen LogP contribution in [-0.2, 0) is 11.3 Å². The van der Waals surface area contributed by atoms with Gasteiger partial charge in [-0.1, -0.05) is 5.16 Å². The van der Waals surface area contributed by atoms with Crippen molar-refractivity contribution in [1.29, 1.82) is 0 Å². The van der Waals surface area contributed by atoms with Crippen LogP contribution < -0.4 is 0 Å². The largest absolute Gasteiger partial charge is 0.378 e. The van der Waals surface area contributed by atoms with E-state index in [4.69, 9.17) is 9.26 Å². The number of ether oxygens (including phenoxy) is 1. The van der Waals surface area contributed by atoms with E-state index in [2.05, 4.69) is 27.2 Å². The highest BCUT2D eigenvalue weighted by atomic mass is 16.5. The summed E-state index contributed by atoms with van der Waals surface area (Å²) in [4.78, 5) is 20.8. The van der Waals surface area contributed by atoms with Gasteiger partial charge in [-0.15, -0.1) is 0 Å². The predicted molar refractivity (Wildman–Crippen MR) is 94.7 cm³/mol. The van der Waals surface area contributed by atoms with Crippen LogP contribution in [0.25, 0.3) is 0 Å². The lowest BCUT2D eigenvalue weighted by Crippen LogP contribution is -2.40. The minimum Gasteiger partial charge on any atom is -0.378 e. The van der Waals surface area contributed by atoms with Crippen LogP contribution in [0.2, 0.25) is 0 Å². The number of carbonyl (C=O) groups excluding carboxylic acids is 1. The van der Waals surface area contributed by atoms with Crippen molar-refractivity contribution in [3.05, 3.63) is 47.6 Å². The van der Waals surface area contributed by atoms with E-state index in [-0.39, 0.29) is 5.91 Å². The molecule has 0 unspecified atom stereocenters. The lowest BCUT2D eigenvalue weighted by atomic mass is 9.93. The van der Waals surface area contributed by atoms with Crippen LogP contribution in [0, 0.1) is 0 Å². The van der Waals surface area contributed by atoms with Crippen molar-refractivity contribution >= 4 is 5.91 Å². The summed E-state index contributed by atoms with van der Waals surface area (Å²) < 4.78 is 10.6. The zero-order valence-electron chi connectivity index (χ0n) is 14.8. The van der Waals surface area contributed by atoms with Gasteiger partial charge in [0.2, 0.25) is 5.76 Å². The van der Waals surface area contributed by atoms with E-state index < -0.39 is 0 Å². The molecule has 1 amide bonds. The maximum Gasteiger partial charge on any atom is 0.292 e. The normalized spacial score (nSPS) is 19.6. The quantitative estimate of drug-likeness (QED) is 0.833. The minimum absolute atomic E-state index is 0.0813. The first-order valence-electron chi connectivity index (χ1n) is 9.24. The molecule has 0 saturated carbocycles. The summed E-state index contributed by atoms with van der Waals surface area (Å²) in [6.07, 6.45) is 5.74. The van der Waals surface area contributed by atoms with Crippen molar-refractivity contribution in [2.24, 2.45) is 0 Å². The second kappa shape index (κ2) is 7.97. The summed E-state index contributed by atoms with van der Waals surface area (Å²) in [5.74, 6) is 0.627. The summed E-state index contributed by atoms with van der Waals surface area (Å²) >= 11 is 0. The Labute approximate surface area is 152 Å². The van der Waals surface area contributed by atoms with Crippen LogP contribution in [0.1, 0.15) is 40.6 Å². The second-order valence-corrected chi connectivity index (χ2v) is 6.93. The SMILES string of the molecule is O=C(c1cc(C2CCN(Cc3ccncc3)CC2)no1)N1CCOCC1. The standard InChI is InChI=1S/C19H24N4O3/c24-19(23-9-11-25-12-10-23)18-13-17(21-26-18)16-3-7-22(8-4-16)14-15-1-5-20-6-2-15/h1-2,5-6,13,16H,3-4,7-12,14H2. The van der Waals surface area contributed by atoms with Crippen molar-refractivity contribution in [2.45, 2.75) is 25.3 Å². The van der Waals surface area contributed by atoms with Gasteiger partial charge in [0.1, 0.15) is 0 Å². The molecule has 138 valence electrons. The summed E-state index contributed by atoms with van der Waals surface area (Å²) in [6, 6.07) is 5.96. The highest BCUT2D eigenvalue weighted by molar-refractivity contribution is 5.91. The summed E-state index contributed by atoms with van der Waals surface area (Å²) in [6.45, 7) is 5.39. The Bertz CT molecular complexity index is 719. The molecular weight excluding hydrogens is 332 g/mol. The average Bonchev–Trinajstić information content (AvgIpc) is 3.20. The molecule has 2 aliphatic rings. The molecule has 0 radical (unpaired) electrons. The zero-order valence-corrected chi connectivity index (χ0v) is 14.8. The minimum atomic E-state index is -0.0813. The van der Waals surface area contributed by atoms with Gasteiger partial charge in [0.05, 0.1) is 18.9 Å². The van der Waals surface area contributed by atoms with Crippen molar-refractivity contribution in [1.82, 2.24) is 19.9 Å². The van der Waals surface area contributed by atoms with E-state index in [1.165, 1.54) is 5.56 Å². The lowest BCUT2D eigenvalue weighted by Gasteiger charge is -2.30. The molecule has 2 saturated heterocycles. The fourth-order valence-corrected chi connectivity index (χ4v) is 3.64. The number of piperidine rings is 1. The Morgan fingerprint density at radius 1 is 1.12 bits per heavy atom. The molecule has 2 aliphatic heterocycles. The Kier molecular flexibility index (Phi) is 5.26. The van der Waals surface area contributed by atoms with E-state index in [1.54, 1.807) is 4.90 Å². The Morgan fingerprint density at radius 3 is 2.58 bits per heavy atom. The first kappa shape index (κ1) is 17.2. The molecule has 2 fully saturated rings. The van der Waals surface area contributed by atoms with Gasteiger partial charge < -0.3 is 14.2 Å². The molecular formula is C19H24N4O3. The van der Waals surface area contributed by atoms with Gasteiger partial charge in [-0.05, 0) is 43.6 Å². The first-order chi connectivity index (χ1) is 12.8. The van der Waals surface area contributed by atoms with Crippen molar-refractivity contribution in [3.63, 3.8) is 0 Å². The first-order valence-corrected chi connectivity index (χ1v) is 9.24. The van der Waals surface area contributed by atoms with Crippen LogP contribution in [0.5, 0.6) is 0 Å². The van der Waals surface area contributed by atoms with Gasteiger partial charge in [-0.25, -0.2) is 0 Å². The number of carbonyl (C=O) groups is 1. The molecule has 4 rings (SSSR count). The van der Waals surface area contributed by atoms with Crippen LogP contribution in [0.3, 0.4) is 0 Å². The molecule has 0 N–H and O–H groups in total. The molecule has 4 heterocycles. The molecule has 0 aromatic carbocycles. The summed E-state index contributed by atoms with van der Waals surface area (Å²) in [7, 11) is 0. The average molecular weight is 356 g/mol. The van der Waals surface area contributed by atoms with Gasteiger partial charge in [0, 0.05) is 44.0 Å². The van der Waals surface area contributed by atoms with Crippen molar-refractivity contribution in [3.8, 4) is 0 Å². The van der Waals surface area contributed by atoms with E-state index in [9.17, 15) is 4.79 Å². The number of likely N-dealkylation sites (tertiary alicyclic amines) is 1. The number of hydrogen-bond acceptors (Lipinski definition) is 6. The number of nitrogens with zero attached hydrogens (tertiary/aromatic N) is 4. The van der Waals surface area contributed by atoms with Crippen LogP contribution in [0.4, 0.5) is 0 Å². The third-order valence-electron chi connectivity index (χ3n) is 5.20. The second-order valence-electron chi connectivity index (χ2n) is 6.93. The van der Waals surface area contributed by atoms with Crippen molar-refractivity contribution in [2.75, 3.05) is 39.4 Å². The maximum atomic E-state index is 12.5. The molecule has 0 atom stereocenters. The molecule has 0 spiro atoms. The molecule has 7 heteroatoms. The topological polar surface area (TPSA) is 71.7 Å². The fraction of sp³-hybridized carbons (Fsp3) is 0.526. The van der Waals surface area contributed by atoms with Crippen molar-refractivity contribution < 1.29 is 14.1 Å². The van der Waals surface area contributed by atoms with Crippen LogP contribution in [0.15, 0.2) is 35.1 Å². The number of morpholine rings is 1. The number of hydrogen-bond donors (Lipinski definition) is 0. The Balaban J connectivity index is 1.32. The number of amides is 1. The van der Waals surface area contributed by atoms with Gasteiger partial charge in [-0.2, -0.15) is 0 Å². The van der Waals surface area contributed by atoms with Gasteiger partial charge in [0.25, 0.3) is 5.91 Å². The van der Waals surface area contributed by atoms with Gasteiger partial charge in [0.15, 0.2) is 0 Å². The third-order valence-corrected chi connectivity index (χ3v) is 5.20. The zero-order chi connectivity index (χ0) is 17.8. The molecule has 2 aromatic heterocycles. The highest BCUT2D eigenvalue weighted by Gasteiger charge is 2.27. The Morgan fingerprint density at radius 2 is 1.85 bits per heavy atom. The van der Waals surface area contributed by atoms with Crippen LogP contribution >= 0.6 is 0 Å². The smallest absolute Gasteiger partial charge is 0.292 e.